The number of hydrogen-bond acceptors (Lipinski definition) is 13. The lowest BCUT2D eigenvalue weighted by Gasteiger charge is -2.41. The van der Waals surface area contributed by atoms with Gasteiger partial charge in [-0.2, -0.15) is 0 Å². The summed E-state index contributed by atoms with van der Waals surface area (Å²) in [5, 5.41) is 27.7. The number of benzene rings is 2. The first-order valence-corrected chi connectivity index (χ1v) is 38.2. The molecule has 106 heavy (non-hydrogen) atoms. The third kappa shape index (κ3) is 25.9. The van der Waals surface area contributed by atoms with Crippen LogP contribution in [0.25, 0.3) is 0 Å². The van der Waals surface area contributed by atoms with Crippen molar-refractivity contribution in [2.75, 3.05) is 62.9 Å². The highest BCUT2D eigenvalue weighted by Gasteiger charge is 2.46. The van der Waals surface area contributed by atoms with Gasteiger partial charge in [0, 0.05) is 61.3 Å². The van der Waals surface area contributed by atoms with Crippen LogP contribution in [0.15, 0.2) is 54.6 Å². The molecule has 6 N–H and O–H groups in total. The molecule has 0 saturated carbocycles. The molecule has 1 heterocycles. The maximum Gasteiger partial charge on any atom is 0.246 e. The second-order valence-corrected chi connectivity index (χ2v) is 32.2. The Morgan fingerprint density at radius 2 is 0.991 bits per heavy atom. The van der Waals surface area contributed by atoms with Gasteiger partial charge in [0.05, 0.1) is 22.7 Å². The Labute approximate surface area is 649 Å². The van der Waals surface area contributed by atoms with E-state index in [4.69, 9.17) is 23.2 Å². The largest absolute Gasteiger partial charge is 0.390 e. The highest BCUT2D eigenvalue weighted by Crippen LogP contribution is 2.42. The number of amides is 11. The average Bonchev–Trinajstić information content (AvgIpc) is 0.826. The first-order chi connectivity index (χ1) is 48.9. The van der Waals surface area contributed by atoms with Crippen molar-refractivity contribution >= 4 is 101 Å². The van der Waals surface area contributed by atoms with Gasteiger partial charge in [0.2, 0.25) is 65.0 Å². The monoisotopic (exact) mass is 1540 g/mol. The van der Waals surface area contributed by atoms with E-state index in [2.05, 4.69) is 56.9 Å². The van der Waals surface area contributed by atoms with Crippen LogP contribution in [0.5, 0.6) is 0 Å². The van der Waals surface area contributed by atoms with Gasteiger partial charge in [-0.25, -0.2) is 0 Å². The molecule has 598 valence electrons. The SMILES string of the molecule is C/C=C/C[C@@H](C)[C@@H](O)[C@H]1C(=O)N[C@@H](CC)C(=O)N(C)CC(=O)N(C)[C@@H](CC(C)C)C(=O)N[C@@H](C(C)C)C(=O)N(C)[C@@H](CC(C)C)C(=O)N[C@@H](C)C(=O)N[C@H](C)C(=O)N(C)[C@@H](CC(C)C)C(=O)N(C)[C@@H](CC(C)C)C(=O)N(C)[C@@H](C(C)C)C(=O)N1C.CN[C@H]1CC[C@@H](c2ccc(Cl)c(Cl)c2)c2ccccc21.Cl. The summed E-state index contributed by atoms with van der Waals surface area (Å²) in [5.41, 5.74) is 4.05. The minimum Gasteiger partial charge on any atom is -0.390 e. The zero-order valence-corrected chi connectivity index (χ0v) is 70.2. The van der Waals surface area contributed by atoms with E-state index in [1.165, 1.54) is 104 Å². The standard InChI is InChI=1S/C62H111N11O12.C17H17Cl2N.ClH/c1-25-27-28-40(15)52(75)51-56(79)65-43(26-2)58(81)67(18)33-48(74)68(19)44(29-34(3)4)55(78)66-49(38(11)12)61(84)69(20)45(30-35(5)6)54(77)63-41(16)53(76)64-42(17)57(80)70(21)46(31-36(7)8)59(82)71(22)47(32-37(9)10)60(83)72(23)50(39(13)14)62(85)73(51)24;1-20-17-9-7-12(13-4-2-3-5-14(13)17)11-6-8-15(18)16(19)10-11;/h25,27,34-47,49-52,75H,26,28-33H2,1-24H3,(H,63,77)(H,64,76)(H,65,79)(H,66,78);2-6,8,10,12,17,20H,7,9H2,1H3;1H/b27-25+;;/t40-,41+,42-,43+,44+,45+,46+,47+,49+,50+,51+,52-;12-,17-;/m10./s1. The molecule has 2 aromatic rings. The van der Waals surface area contributed by atoms with Crippen LogP contribution >= 0.6 is 35.6 Å². The topological polar surface area (TPSA) is 291 Å². The van der Waals surface area contributed by atoms with Crippen LogP contribution in [-0.2, 0) is 52.7 Å². The zero-order valence-electron chi connectivity index (χ0n) is 67.8. The Hall–Kier alpha value is -6.86. The third-order valence-corrected chi connectivity index (χ3v) is 21.0. The highest BCUT2D eigenvalue weighted by atomic mass is 35.5. The lowest BCUT2D eigenvalue weighted by Crippen LogP contribution is -2.63. The van der Waals surface area contributed by atoms with Crippen LogP contribution in [-0.4, -0.2) is 234 Å². The van der Waals surface area contributed by atoms with Gasteiger partial charge in [-0.1, -0.05) is 163 Å². The second-order valence-electron chi connectivity index (χ2n) is 31.4. The molecule has 14 atom stereocenters. The number of rotatable bonds is 17. The van der Waals surface area contributed by atoms with Crippen LogP contribution in [0.2, 0.25) is 10.0 Å². The van der Waals surface area contributed by atoms with Gasteiger partial charge in [0.25, 0.3) is 0 Å². The van der Waals surface area contributed by atoms with E-state index in [9.17, 15) is 48.3 Å². The number of hydrogen-bond donors (Lipinski definition) is 6. The number of likely N-dealkylation sites (N-methyl/N-ethyl adjacent to an activating group) is 7. The van der Waals surface area contributed by atoms with Gasteiger partial charge < -0.3 is 66.0 Å². The molecule has 1 fully saturated rings. The summed E-state index contributed by atoms with van der Waals surface area (Å²) in [5.74, 6) is -9.30. The van der Waals surface area contributed by atoms with Crippen molar-refractivity contribution in [1.82, 2.24) is 60.9 Å². The molecule has 2 aromatic carbocycles. The Morgan fingerprint density at radius 1 is 0.519 bits per heavy atom. The number of nitrogens with one attached hydrogen (secondary N) is 5. The number of carbonyl (C=O) groups is 11. The summed E-state index contributed by atoms with van der Waals surface area (Å²) in [7, 11) is 11.9. The summed E-state index contributed by atoms with van der Waals surface area (Å²) in [6.45, 7) is 29.3. The van der Waals surface area contributed by atoms with Gasteiger partial charge in [0.15, 0.2) is 0 Å². The fourth-order valence-electron chi connectivity index (χ4n) is 13.8. The van der Waals surface area contributed by atoms with Crippen LogP contribution in [0, 0.1) is 41.4 Å². The molecular formula is C79H129Cl3N12O12. The highest BCUT2D eigenvalue weighted by molar-refractivity contribution is 6.42. The van der Waals surface area contributed by atoms with Crippen molar-refractivity contribution in [3.63, 3.8) is 0 Å². The Kier molecular flexibility index (Phi) is 39.5. The molecule has 0 aromatic heterocycles. The van der Waals surface area contributed by atoms with Crippen molar-refractivity contribution < 1.29 is 57.8 Å². The zero-order chi connectivity index (χ0) is 80.1. The molecule has 24 nitrogen and oxygen atoms in total. The van der Waals surface area contributed by atoms with Crippen molar-refractivity contribution in [3.05, 3.63) is 81.4 Å². The van der Waals surface area contributed by atoms with Gasteiger partial charge in [-0.3, -0.25) is 52.7 Å². The van der Waals surface area contributed by atoms with E-state index in [1.807, 2.05) is 80.6 Å². The van der Waals surface area contributed by atoms with Gasteiger partial charge in [-0.05, 0) is 149 Å². The van der Waals surface area contributed by atoms with Crippen molar-refractivity contribution in [2.24, 2.45) is 41.4 Å². The molecule has 27 heteroatoms. The number of aliphatic hydroxyl groups is 1. The number of halogens is 3. The van der Waals surface area contributed by atoms with E-state index < -0.39 is 156 Å². The van der Waals surface area contributed by atoms with E-state index in [0.29, 0.717) is 28.4 Å². The number of allylic oxidation sites excluding steroid dienone is 2. The minimum atomic E-state index is -1.61. The summed E-state index contributed by atoms with van der Waals surface area (Å²) < 4.78 is 0. The van der Waals surface area contributed by atoms with Crippen LogP contribution < -0.4 is 26.6 Å². The molecule has 0 spiro atoms. The Balaban J connectivity index is 0.00000153. The maximum atomic E-state index is 15.1. The van der Waals surface area contributed by atoms with Crippen LogP contribution in [0.4, 0.5) is 0 Å². The van der Waals surface area contributed by atoms with Crippen LogP contribution in [0.1, 0.15) is 198 Å². The Bertz CT molecular complexity index is 3320. The lowest BCUT2D eigenvalue weighted by atomic mass is 9.77. The molecule has 1 saturated heterocycles. The molecule has 0 radical (unpaired) electrons. The fourth-order valence-corrected chi connectivity index (χ4v) is 14.2. The normalized spacial score (nSPS) is 25.6. The third-order valence-electron chi connectivity index (χ3n) is 20.3. The molecule has 2 aliphatic rings. The molecule has 4 rings (SSSR count). The van der Waals surface area contributed by atoms with E-state index >= 15 is 9.59 Å². The molecule has 1 aliphatic carbocycles. The van der Waals surface area contributed by atoms with Crippen molar-refractivity contribution in [3.8, 4) is 0 Å². The smallest absolute Gasteiger partial charge is 0.246 e. The number of aliphatic hydroxyl groups excluding tert-OH is 1. The van der Waals surface area contributed by atoms with Gasteiger partial charge in [-0.15, -0.1) is 12.4 Å². The van der Waals surface area contributed by atoms with Gasteiger partial charge >= 0.3 is 0 Å². The molecule has 1 aliphatic heterocycles. The summed E-state index contributed by atoms with van der Waals surface area (Å²) >= 11 is 12.2. The van der Waals surface area contributed by atoms with E-state index in [1.54, 1.807) is 54.5 Å². The maximum absolute atomic E-state index is 15.1. The quantitative estimate of drug-likeness (QED) is 0.0808. The molecule has 0 bridgehead atoms. The van der Waals surface area contributed by atoms with E-state index in [0.717, 1.165) is 22.6 Å². The average molecular weight is 1550 g/mol. The summed E-state index contributed by atoms with van der Waals surface area (Å²) in [6, 6.07) is 2.79. The summed E-state index contributed by atoms with van der Waals surface area (Å²) in [6.07, 6.45) is 5.31. The number of fused-ring (bicyclic) bond motifs is 1. The van der Waals surface area contributed by atoms with E-state index in [-0.39, 0.29) is 68.2 Å². The summed E-state index contributed by atoms with van der Waals surface area (Å²) in [4.78, 5) is 169. The van der Waals surface area contributed by atoms with Gasteiger partial charge in [0.1, 0.15) is 60.4 Å². The van der Waals surface area contributed by atoms with Crippen LogP contribution in [0.3, 0.4) is 0 Å². The minimum absolute atomic E-state index is 0. The predicted octanol–water partition coefficient (Wildman–Crippen LogP) is 8.87. The van der Waals surface area contributed by atoms with Crippen molar-refractivity contribution in [1.29, 1.82) is 0 Å². The number of carbonyl (C=O) groups excluding carboxylic acids is 11. The molecule has 11 amide bonds. The predicted molar refractivity (Wildman–Crippen MR) is 421 cm³/mol. The Morgan fingerprint density at radius 3 is 1.48 bits per heavy atom. The lowest BCUT2D eigenvalue weighted by molar-refractivity contribution is -0.157. The fraction of sp³-hybridized carbons (Fsp3) is 0.684. The molecule has 0 unspecified atom stereocenters. The first kappa shape index (κ1) is 95.2. The molecular weight excluding hydrogens is 1420 g/mol. The number of nitrogens with zero attached hydrogens (tertiary/aromatic N) is 7. The first-order valence-electron chi connectivity index (χ1n) is 37.5. The second kappa shape index (κ2) is 44.0. The van der Waals surface area contributed by atoms with Crippen molar-refractivity contribution in [2.45, 2.75) is 248 Å².